The van der Waals surface area contributed by atoms with Crippen molar-refractivity contribution in [2.45, 2.75) is 45.1 Å². The van der Waals surface area contributed by atoms with E-state index in [1.165, 1.54) is 4.31 Å². The SMILES string of the molecule is CC(CC(N)=NO)NS(=O)(=O)N1CCCCCC1. The number of amidine groups is 1. The van der Waals surface area contributed by atoms with Crippen LogP contribution in [0.3, 0.4) is 0 Å². The van der Waals surface area contributed by atoms with Crippen LogP contribution in [-0.2, 0) is 10.2 Å². The molecule has 0 saturated carbocycles. The standard InChI is InChI=1S/C10H22N4O3S/c1-9(8-10(11)12-15)13-18(16,17)14-6-4-2-3-5-7-14/h9,13,15H,2-8H2,1H3,(H2,11,12). The van der Waals surface area contributed by atoms with Crippen molar-refractivity contribution in [2.75, 3.05) is 13.1 Å². The quantitative estimate of drug-likeness (QED) is 0.289. The Hall–Kier alpha value is -0.860. The summed E-state index contributed by atoms with van der Waals surface area (Å²) in [6.07, 6.45) is 4.13. The average Bonchev–Trinajstić information content (AvgIpc) is 2.56. The van der Waals surface area contributed by atoms with Gasteiger partial charge in [0.15, 0.2) is 0 Å². The Labute approximate surface area is 108 Å². The molecular weight excluding hydrogens is 256 g/mol. The second kappa shape index (κ2) is 6.91. The lowest BCUT2D eigenvalue weighted by molar-refractivity contribution is 0.316. The highest BCUT2D eigenvalue weighted by atomic mass is 32.2. The van der Waals surface area contributed by atoms with Crippen LogP contribution >= 0.6 is 0 Å². The first-order chi connectivity index (χ1) is 8.45. The minimum Gasteiger partial charge on any atom is -0.409 e. The summed E-state index contributed by atoms with van der Waals surface area (Å²) in [5.41, 5.74) is 5.35. The largest absolute Gasteiger partial charge is 0.409 e. The van der Waals surface area contributed by atoms with Crippen LogP contribution in [0.15, 0.2) is 5.16 Å². The maximum Gasteiger partial charge on any atom is 0.279 e. The molecule has 0 amide bonds. The van der Waals surface area contributed by atoms with E-state index in [-0.39, 0.29) is 12.3 Å². The molecule has 8 heteroatoms. The summed E-state index contributed by atoms with van der Waals surface area (Å²) >= 11 is 0. The van der Waals surface area contributed by atoms with Crippen molar-refractivity contribution in [3.05, 3.63) is 0 Å². The fraction of sp³-hybridized carbons (Fsp3) is 0.900. The molecule has 4 N–H and O–H groups in total. The van der Waals surface area contributed by atoms with Gasteiger partial charge in [-0.15, -0.1) is 0 Å². The molecule has 0 spiro atoms. The second-order valence-corrected chi connectivity index (χ2v) is 6.33. The van der Waals surface area contributed by atoms with Crippen LogP contribution in [0.25, 0.3) is 0 Å². The minimum absolute atomic E-state index is 0.0149. The van der Waals surface area contributed by atoms with Gasteiger partial charge in [-0.1, -0.05) is 18.0 Å². The summed E-state index contributed by atoms with van der Waals surface area (Å²) in [6, 6.07) is -0.394. The second-order valence-electron chi connectivity index (χ2n) is 4.63. The highest BCUT2D eigenvalue weighted by Gasteiger charge is 2.24. The smallest absolute Gasteiger partial charge is 0.279 e. The molecule has 7 nitrogen and oxygen atoms in total. The molecule has 0 aromatic heterocycles. The van der Waals surface area contributed by atoms with Crippen LogP contribution in [0, 0.1) is 0 Å². The Morgan fingerprint density at radius 3 is 2.44 bits per heavy atom. The number of nitrogens with one attached hydrogen (secondary N) is 1. The Balaban J connectivity index is 2.57. The van der Waals surface area contributed by atoms with Gasteiger partial charge in [-0.25, -0.2) is 0 Å². The van der Waals surface area contributed by atoms with Crippen LogP contribution < -0.4 is 10.5 Å². The molecule has 0 aromatic rings. The van der Waals surface area contributed by atoms with E-state index in [1.54, 1.807) is 6.92 Å². The summed E-state index contributed by atoms with van der Waals surface area (Å²) in [4.78, 5) is 0. The van der Waals surface area contributed by atoms with E-state index >= 15 is 0 Å². The number of hydrogen-bond donors (Lipinski definition) is 3. The van der Waals surface area contributed by atoms with E-state index in [0.29, 0.717) is 13.1 Å². The van der Waals surface area contributed by atoms with Crippen molar-refractivity contribution in [2.24, 2.45) is 10.9 Å². The first-order valence-corrected chi connectivity index (χ1v) is 7.63. The summed E-state index contributed by atoms with van der Waals surface area (Å²) in [6.45, 7) is 2.81. The van der Waals surface area contributed by atoms with Crippen molar-refractivity contribution in [1.82, 2.24) is 9.03 Å². The van der Waals surface area contributed by atoms with Gasteiger partial charge < -0.3 is 10.9 Å². The van der Waals surface area contributed by atoms with Gasteiger partial charge in [0, 0.05) is 25.6 Å². The number of oxime groups is 1. The highest BCUT2D eigenvalue weighted by Crippen LogP contribution is 2.12. The fourth-order valence-corrected chi connectivity index (χ4v) is 3.49. The van der Waals surface area contributed by atoms with Crippen LogP contribution in [0.4, 0.5) is 0 Å². The highest BCUT2D eigenvalue weighted by molar-refractivity contribution is 7.87. The summed E-state index contributed by atoms with van der Waals surface area (Å²) in [5.74, 6) is 0.0149. The number of nitrogens with two attached hydrogens (primary N) is 1. The Morgan fingerprint density at radius 1 is 1.39 bits per heavy atom. The molecule has 0 bridgehead atoms. The van der Waals surface area contributed by atoms with E-state index in [2.05, 4.69) is 9.88 Å². The van der Waals surface area contributed by atoms with Gasteiger partial charge in [-0.3, -0.25) is 0 Å². The van der Waals surface area contributed by atoms with Crippen LogP contribution in [-0.4, -0.2) is 42.9 Å². The Kier molecular flexibility index (Phi) is 5.83. The van der Waals surface area contributed by atoms with Crippen molar-refractivity contribution >= 4 is 16.0 Å². The van der Waals surface area contributed by atoms with Gasteiger partial charge in [0.2, 0.25) is 0 Å². The molecule has 1 unspecified atom stereocenters. The molecule has 0 aromatic carbocycles. The van der Waals surface area contributed by atoms with E-state index in [1.807, 2.05) is 0 Å². The summed E-state index contributed by atoms with van der Waals surface area (Å²) < 4.78 is 28.2. The van der Waals surface area contributed by atoms with Gasteiger partial charge in [-0.05, 0) is 19.8 Å². The average molecular weight is 278 g/mol. The third-order valence-corrected chi connectivity index (χ3v) is 4.64. The number of hydrogen-bond acceptors (Lipinski definition) is 4. The van der Waals surface area contributed by atoms with E-state index in [4.69, 9.17) is 10.9 Å². The zero-order valence-corrected chi connectivity index (χ0v) is 11.5. The molecule has 1 saturated heterocycles. The predicted molar refractivity (Wildman–Crippen MR) is 69.6 cm³/mol. The normalized spacial score (nSPS) is 21.5. The third kappa shape index (κ3) is 4.79. The molecule has 1 heterocycles. The van der Waals surface area contributed by atoms with Gasteiger partial charge in [0.05, 0.1) is 0 Å². The van der Waals surface area contributed by atoms with Crippen molar-refractivity contribution in [3.8, 4) is 0 Å². The lowest BCUT2D eigenvalue weighted by Gasteiger charge is -2.22. The minimum atomic E-state index is -3.47. The molecule has 18 heavy (non-hydrogen) atoms. The van der Waals surface area contributed by atoms with Crippen LogP contribution in [0.2, 0.25) is 0 Å². The molecule has 1 rings (SSSR count). The van der Waals surface area contributed by atoms with Gasteiger partial charge in [0.25, 0.3) is 10.2 Å². The van der Waals surface area contributed by atoms with Crippen molar-refractivity contribution < 1.29 is 13.6 Å². The van der Waals surface area contributed by atoms with Crippen molar-refractivity contribution in [1.29, 1.82) is 0 Å². The first-order valence-electron chi connectivity index (χ1n) is 6.19. The van der Waals surface area contributed by atoms with E-state index in [0.717, 1.165) is 25.7 Å². The van der Waals surface area contributed by atoms with Crippen LogP contribution in [0.5, 0.6) is 0 Å². The zero-order valence-electron chi connectivity index (χ0n) is 10.7. The molecule has 0 aliphatic carbocycles. The van der Waals surface area contributed by atoms with Gasteiger partial charge in [0.1, 0.15) is 5.84 Å². The Bertz CT molecular complexity index is 375. The maximum atomic E-state index is 12.1. The number of nitrogens with zero attached hydrogens (tertiary/aromatic N) is 2. The number of rotatable bonds is 5. The fourth-order valence-electron chi connectivity index (χ4n) is 2.01. The maximum absolute atomic E-state index is 12.1. The molecule has 1 aliphatic rings. The monoisotopic (exact) mass is 278 g/mol. The van der Waals surface area contributed by atoms with Gasteiger partial charge in [-0.2, -0.15) is 17.4 Å². The molecule has 1 aliphatic heterocycles. The summed E-state index contributed by atoms with van der Waals surface area (Å²) in [7, 11) is -3.47. The van der Waals surface area contributed by atoms with E-state index < -0.39 is 16.3 Å². The predicted octanol–water partition coefficient (Wildman–Crippen LogP) is 0.222. The summed E-state index contributed by atoms with van der Waals surface area (Å²) in [5, 5.41) is 11.3. The molecule has 1 fully saturated rings. The zero-order chi connectivity index (χ0) is 13.6. The molecule has 106 valence electrons. The Morgan fingerprint density at radius 2 is 1.94 bits per heavy atom. The molecular formula is C10H22N4O3S. The molecule has 1 atom stereocenters. The van der Waals surface area contributed by atoms with Crippen molar-refractivity contribution in [3.63, 3.8) is 0 Å². The van der Waals surface area contributed by atoms with Crippen LogP contribution in [0.1, 0.15) is 39.0 Å². The van der Waals surface area contributed by atoms with E-state index in [9.17, 15) is 8.42 Å². The topological polar surface area (TPSA) is 108 Å². The lowest BCUT2D eigenvalue weighted by atomic mass is 10.2. The van der Waals surface area contributed by atoms with Gasteiger partial charge >= 0.3 is 0 Å². The third-order valence-electron chi connectivity index (χ3n) is 2.90. The lowest BCUT2D eigenvalue weighted by Crippen LogP contribution is -2.45. The molecule has 0 radical (unpaired) electrons. The first kappa shape index (κ1) is 15.2.